The number of nitrogens with zero attached hydrogens (tertiary/aromatic N) is 4. The van der Waals surface area contributed by atoms with Gasteiger partial charge >= 0.3 is 0 Å². The molecule has 4 aromatic heterocycles. The van der Waals surface area contributed by atoms with Crippen LogP contribution in [0.3, 0.4) is 0 Å². The molecule has 0 aliphatic rings. The van der Waals surface area contributed by atoms with E-state index < -0.39 is 0 Å². The van der Waals surface area contributed by atoms with Crippen LogP contribution in [0.2, 0.25) is 0 Å². The van der Waals surface area contributed by atoms with Crippen LogP contribution < -0.4 is 0 Å². The Bertz CT molecular complexity index is 3060. The fraction of sp³-hybridized carbons (Fsp3) is 0. The largest absolute Gasteiger partial charge is 0.454 e. The van der Waals surface area contributed by atoms with E-state index in [4.69, 9.17) is 14.4 Å². The normalized spacial score (nSPS) is 11.9. The van der Waals surface area contributed by atoms with Crippen molar-refractivity contribution in [1.82, 2.24) is 19.1 Å². The van der Waals surface area contributed by atoms with Gasteiger partial charge in [-0.25, -0.2) is 9.97 Å². The van der Waals surface area contributed by atoms with Gasteiger partial charge in [0.2, 0.25) is 5.95 Å². The predicted octanol–water partition coefficient (Wildman–Crippen LogP) is 11.9. The van der Waals surface area contributed by atoms with Crippen LogP contribution in [-0.2, 0) is 0 Å². The molecule has 0 aliphatic carbocycles. The Morgan fingerprint density at radius 3 is 1.69 bits per heavy atom. The molecule has 51 heavy (non-hydrogen) atoms. The average Bonchev–Trinajstić information content (AvgIpc) is 3.85. The molecule has 0 fully saturated rings. The van der Waals surface area contributed by atoms with E-state index in [9.17, 15) is 0 Å². The molecular formula is C46H28N4O. The van der Waals surface area contributed by atoms with Crippen molar-refractivity contribution in [1.29, 1.82) is 0 Å². The summed E-state index contributed by atoms with van der Waals surface area (Å²) < 4.78 is 11.3. The summed E-state index contributed by atoms with van der Waals surface area (Å²) in [5, 5.41) is 6.75. The molecule has 11 aromatic rings. The van der Waals surface area contributed by atoms with E-state index in [-0.39, 0.29) is 0 Å². The summed E-state index contributed by atoms with van der Waals surface area (Å²) in [5.41, 5.74) is 10.8. The van der Waals surface area contributed by atoms with E-state index in [2.05, 4.69) is 155 Å². The lowest BCUT2D eigenvalue weighted by Gasteiger charge is -2.12. The zero-order valence-electron chi connectivity index (χ0n) is 27.4. The first-order valence-corrected chi connectivity index (χ1v) is 17.2. The Morgan fingerprint density at radius 1 is 0.392 bits per heavy atom. The SMILES string of the molecule is c1ccc(-c2cc(-c3ccccc3)nc(-n3c4cc5c(cc4c4ccc6c7ccccc7oc6c43)c3ccccc3n5-c3ccccc3)n2)cc1. The predicted molar refractivity (Wildman–Crippen MR) is 209 cm³/mol. The fourth-order valence-corrected chi connectivity index (χ4v) is 7.85. The number of furan rings is 1. The molecule has 0 amide bonds. The Labute approximate surface area is 292 Å². The van der Waals surface area contributed by atoms with Crippen LogP contribution in [0.5, 0.6) is 0 Å². The van der Waals surface area contributed by atoms with Crippen LogP contribution in [0.15, 0.2) is 174 Å². The molecule has 0 atom stereocenters. The van der Waals surface area contributed by atoms with Crippen molar-refractivity contribution in [2.45, 2.75) is 0 Å². The van der Waals surface area contributed by atoms with Crippen molar-refractivity contribution in [2.75, 3.05) is 0 Å². The van der Waals surface area contributed by atoms with Crippen molar-refractivity contribution < 1.29 is 4.42 Å². The molecule has 0 bridgehead atoms. The highest BCUT2D eigenvalue weighted by molar-refractivity contribution is 6.24. The van der Waals surface area contributed by atoms with Gasteiger partial charge < -0.3 is 8.98 Å². The van der Waals surface area contributed by atoms with Gasteiger partial charge in [-0.1, -0.05) is 121 Å². The summed E-state index contributed by atoms with van der Waals surface area (Å²) in [4.78, 5) is 10.7. The van der Waals surface area contributed by atoms with Crippen molar-refractivity contribution in [3.63, 3.8) is 0 Å². The molecule has 0 radical (unpaired) electrons. The highest BCUT2D eigenvalue weighted by atomic mass is 16.3. The van der Waals surface area contributed by atoms with Crippen LogP contribution >= 0.6 is 0 Å². The molecule has 7 aromatic carbocycles. The van der Waals surface area contributed by atoms with Crippen molar-refractivity contribution >= 4 is 65.6 Å². The van der Waals surface area contributed by atoms with Crippen molar-refractivity contribution in [3.05, 3.63) is 170 Å². The van der Waals surface area contributed by atoms with Gasteiger partial charge in [0.25, 0.3) is 0 Å². The van der Waals surface area contributed by atoms with Gasteiger partial charge in [-0.3, -0.25) is 4.57 Å². The van der Waals surface area contributed by atoms with Gasteiger partial charge in [-0.2, -0.15) is 0 Å². The molecular weight excluding hydrogens is 625 g/mol. The number of rotatable bonds is 4. The minimum Gasteiger partial charge on any atom is -0.454 e. The highest BCUT2D eigenvalue weighted by Gasteiger charge is 2.24. The van der Waals surface area contributed by atoms with E-state index in [1.165, 1.54) is 10.8 Å². The fourth-order valence-electron chi connectivity index (χ4n) is 7.85. The third-order valence-electron chi connectivity index (χ3n) is 10.1. The molecule has 238 valence electrons. The molecule has 5 nitrogen and oxygen atoms in total. The van der Waals surface area contributed by atoms with E-state index in [1.807, 2.05) is 24.3 Å². The third kappa shape index (κ3) is 4.15. The molecule has 0 spiro atoms. The second-order valence-electron chi connectivity index (χ2n) is 13.0. The third-order valence-corrected chi connectivity index (χ3v) is 10.1. The van der Waals surface area contributed by atoms with Gasteiger partial charge in [0.05, 0.1) is 27.9 Å². The molecule has 5 heteroatoms. The lowest BCUT2D eigenvalue weighted by molar-refractivity contribution is 0.670. The van der Waals surface area contributed by atoms with Gasteiger partial charge in [0, 0.05) is 49.1 Å². The number of hydrogen-bond acceptors (Lipinski definition) is 3. The van der Waals surface area contributed by atoms with E-state index in [0.29, 0.717) is 5.95 Å². The van der Waals surface area contributed by atoms with Crippen molar-refractivity contribution in [3.8, 4) is 34.2 Å². The van der Waals surface area contributed by atoms with Crippen LogP contribution in [0.1, 0.15) is 0 Å². The number of fused-ring (bicyclic) bond motifs is 10. The smallest absolute Gasteiger partial charge is 0.235 e. The first kappa shape index (κ1) is 27.9. The number of benzene rings is 7. The minimum absolute atomic E-state index is 0.588. The van der Waals surface area contributed by atoms with E-state index >= 15 is 0 Å². The first-order chi connectivity index (χ1) is 25.3. The average molecular weight is 653 g/mol. The summed E-state index contributed by atoms with van der Waals surface area (Å²) in [7, 11) is 0. The minimum atomic E-state index is 0.588. The molecule has 11 rings (SSSR count). The lowest BCUT2D eigenvalue weighted by Crippen LogP contribution is -2.04. The van der Waals surface area contributed by atoms with Gasteiger partial charge in [-0.05, 0) is 48.5 Å². The molecule has 4 heterocycles. The zero-order valence-corrected chi connectivity index (χ0v) is 27.4. The maximum atomic E-state index is 6.75. The summed E-state index contributed by atoms with van der Waals surface area (Å²) in [5.74, 6) is 0.588. The van der Waals surface area contributed by atoms with E-state index in [0.717, 1.165) is 83.0 Å². The Hall–Kier alpha value is -6.98. The Balaban J connectivity index is 1.33. The van der Waals surface area contributed by atoms with Crippen LogP contribution in [0.4, 0.5) is 0 Å². The number of para-hydroxylation sites is 3. The molecule has 0 N–H and O–H groups in total. The molecule has 0 unspecified atom stereocenters. The van der Waals surface area contributed by atoms with Gasteiger partial charge in [0.15, 0.2) is 5.58 Å². The standard InChI is InChI=1S/C46H28N4O/c1-4-14-29(15-5-1)38-27-39(30-16-6-2-7-17-30)48-46(47-38)50-42-28-41-36(32-20-10-12-22-40(32)49(41)31-18-8-3-9-19-31)26-37(42)34-24-25-35-33-21-11-13-23-43(33)51-45(35)44(34)50/h1-28H. The highest BCUT2D eigenvalue weighted by Crippen LogP contribution is 2.43. The summed E-state index contributed by atoms with van der Waals surface area (Å²) in [6.45, 7) is 0. The van der Waals surface area contributed by atoms with Crippen molar-refractivity contribution in [2.24, 2.45) is 0 Å². The van der Waals surface area contributed by atoms with Crippen LogP contribution in [0, 0.1) is 0 Å². The zero-order chi connectivity index (χ0) is 33.5. The monoisotopic (exact) mass is 652 g/mol. The summed E-state index contributed by atoms with van der Waals surface area (Å²) in [6, 6.07) is 59.4. The van der Waals surface area contributed by atoms with E-state index in [1.54, 1.807) is 0 Å². The second kappa shape index (κ2) is 10.8. The van der Waals surface area contributed by atoms with Crippen LogP contribution in [-0.4, -0.2) is 19.1 Å². The maximum Gasteiger partial charge on any atom is 0.235 e. The molecule has 0 aliphatic heterocycles. The Kier molecular flexibility index (Phi) is 5.89. The topological polar surface area (TPSA) is 48.8 Å². The first-order valence-electron chi connectivity index (χ1n) is 17.2. The molecule has 0 saturated heterocycles. The summed E-state index contributed by atoms with van der Waals surface area (Å²) >= 11 is 0. The Morgan fingerprint density at radius 2 is 0.961 bits per heavy atom. The summed E-state index contributed by atoms with van der Waals surface area (Å²) in [6.07, 6.45) is 0. The molecule has 0 saturated carbocycles. The quantitative estimate of drug-likeness (QED) is 0.190. The maximum absolute atomic E-state index is 6.75. The number of aromatic nitrogens is 4. The van der Waals surface area contributed by atoms with Gasteiger partial charge in [-0.15, -0.1) is 0 Å². The lowest BCUT2D eigenvalue weighted by atomic mass is 10.1. The van der Waals surface area contributed by atoms with Gasteiger partial charge in [0.1, 0.15) is 11.1 Å². The number of hydrogen-bond donors (Lipinski definition) is 0. The van der Waals surface area contributed by atoms with Crippen LogP contribution in [0.25, 0.3) is 99.7 Å². The second-order valence-corrected chi connectivity index (χ2v) is 13.0.